The van der Waals surface area contributed by atoms with Crippen LogP contribution >= 0.6 is 0 Å². The lowest BCUT2D eigenvalue weighted by molar-refractivity contribution is -0.121. The molecule has 3 rings (SSSR count). The molecule has 1 saturated carbocycles. The first kappa shape index (κ1) is 17.2. The molecule has 0 saturated heterocycles. The summed E-state index contributed by atoms with van der Waals surface area (Å²) in [5, 5.41) is 5.87. The second kappa shape index (κ2) is 8.46. The summed E-state index contributed by atoms with van der Waals surface area (Å²) >= 11 is 0. The van der Waals surface area contributed by atoms with Crippen molar-refractivity contribution in [1.82, 2.24) is 20.6 Å². The van der Waals surface area contributed by atoms with E-state index in [2.05, 4.69) is 20.6 Å². The van der Waals surface area contributed by atoms with Gasteiger partial charge in [-0.2, -0.15) is 0 Å². The molecule has 0 unspecified atom stereocenters. The van der Waals surface area contributed by atoms with Gasteiger partial charge in [-0.1, -0.05) is 31.4 Å². The van der Waals surface area contributed by atoms with Crippen LogP contribution in [0, 0.1) is 0 Å². The summed E-state index contributed by atoms with van der Waals surface area (Å²) in [6.45, 7) is 0.336. The first-order valence-corrected chi connectivity index (χ1v) is 8.90. The van der Waals surface area contributed by atoms with Crippen molar-refractivity contribution in [2.24, 2.45) is 0 Å². The number of benzene rings is 1. The van der Waals surface area contributed by atoms with Crippen LogP contribution in [0.25, 0.3) is 11.4 Å². The molecule has 0 spiro atoms. The summed E-state index contributed by atoms with van der Waals surface area (Å²) in [4.78, 5) is 31.4. The molecular weight excluding hydrogens is 316 g/mol. The Morgan fingerprint density at radius 1 is 1.20 bits per heavy atom. The average Bonchev–Trinajstić information content (AvgIpc) is 3.17. The number of carbonyl (C=O) groups is 2. The molecule has 6 nitrogen and oxygen atoms in total. The second-order valence-corrected chi connectivity index (χ2v) is 6.43. The maximum Gasteiger partial charge on any atom is 0.251 e. The molecule has 1 heterocycles. The zero-order chi connectivity index (χ0) is 17.5. The van der Waals surface area contributed by atoms with Crippen LogP contribution in [0.2, 0.25) is 0 Å². The molecule has 1 aliphatic carbocycles. The number of carbonyl (C=O) groups excluding carboxylic acids is 2. The highest BCUT2D eigenvalue weighted by Crippen LogP contribution is 2.17. The van der Waals surface area contributed by atoms with Crippen molar-refractivity contribution in [3.05, 3.63) is 42.2 Å². The van der Waals surface area contributed by atoms with Crippen molar-refractivity contribution in [1.29, 1.82) is 0 Å². The smallest absolute Gasteiger partial charge is 0.251 e. The van der Waals surface area contributed by atoms with Gasteiger partial charge >= 0.3 is 0 Å². The number of amides is 2. The summed E-state index contributed by atoms with van der Waals surface area (Å²) in [5.74, 6) is 0.553. The van der Waals surface area contributed by atoms with Gasteiger partial charge in [-0.15, -0.1) is 0 Å². The highest BCUT2D eigenvalue weighted by Gasteiger charge is 2.15. The second-order valence-electron chi connectivity index (χ2n) is 6.43. The molecule has 0 radical (unpaired) electrons. The Hall–Kier alpha value is -2.63. The Morgan fingerprint density at radius 2 is 2.04 bits per heavy atom. The van der Waals surface area contributed by atoms with Gasteiger partial charge in [0.1, 0.15) is 5.82 Å². The minimum Gasteiger partial charge on any atom is -0.353 e. The van der Waals surface area contributed by atoms with Crippen LogP contribution in [-0.4, -0.2) is 34.4 Å². The first-order valence-electron chi connectivity index (χ1n) is 8.90. The number of aromatic nitrogens is 2. The van der Waals surface area contributed by atoms with Gasteiger partial charge in [0.15, 0.2) is 0 Å². The maximum atomic E-state index is 12.3. The van der Waals surface area contributed by atoms with E-state index >= 15 is 0 Å². The average molecular weight is 340 g/mol. The van der Waals surface area contributed by atoms with Gasteiger partial charge in [0.05, 0.1) is 0 Å². The monoisotopic (exact) mass is 340 g/mol. The van der Waals surface area contributed by atoms with Crippen LogP contribution in [0.4, 0.5) is 0 Å². The lowest BCUT2D eigenvalue weighted by Gasteiger charge is -2.22. The summed E-state index contributed by atoms with van der Waals surface area (Å²) in [6.07, 6.45) is 9.50. The zero-order valence-electron chi connectivity index (χ0n) is 14.3. The van der Waals surface area contributed by atoms with Crippen molar-refractivity contribution in [2.45, 2.75) is 44.6 Å². The fourth-order valence-corrected chi connectivity index (χ4v) is 3.17. The van der Waals surface area contributed by atoms with Crippen molar-refractivity contribution in [2.75, 3.05) is 6.54 Å². The van der Waals surface area contributed by atoms with Gasteiger partial charge in [0.25, 0.3) is 5.91 Å². The third-order valence-corrected chi connectivity index (χ3v) is 4.50. The van der Waals surface area contributed by atoms with Crippen molar-refractivity contribution in [3.8, 4) is 11.4 Å². The van der Waals surface area contributed by atoms with E-state index in [1.54, 1.807) is 24.5 Å². The topological polar surface area (TPSA) is 86.9 Å². The van der Waals surface area contributed by atoms with Crippen molar-refractivity contribution < 1.29 is 9.59 Å². The van der Waals surface area contributed by atoms with E-state index in [0.29, 0.717) is 24.6 Å². The highest BCUT2D eigenvalue weighted by molar-refractivity contribution is 5.95. The number of nitrogens with zero attached hydrogens (tertiary/aromatic N) is 1. The summed E-state index contributed by atoms with van der Waals surface area (Å²) in [7, 11) is 0. The Morgan fingerprint density at radius 3 is 2.80 bits per heavy atom. The van der Waals surface area contributed by atoms with Gasteiger partial charge in [0, 0.05) is 42.5 Å². The quantitative estimate of drug-likeness (QED) is 0.755. The fraction of sp³-hybridized carbons (Fsp3) is 0.421. The minimum atomic E-state index is -0.182. The third kappa shape index (κ3) is 4.92. The van der Waals surface area contributed by atoms with E-state index in [1.165, 1.54) is 19.3 Å². The molecule has 25 heavy (non-hydrogen) atoms. The van der Waals surface area contributed by atoms with Crippen LogP contribution in [0.1, 0.15) is 48.9 Å². The first-order chi connectivity index (χ1) is 12.2. The standard InChI is InChI=1S/C19H24N4O2/c24-17(23-16-7-2-1-3-8-16)9-10-22-19(25)15-6-4-5-14(13-15)18-20-11-12-21-18/h4-6,11-13,16H,1-3,7-10H2,(H,20,21)(H,22,25)(H,23,24). The Bertz CT molecular complexity index is 706. The van der Waals surface area contributed by atoms with Gasteiger partial charge < -0.3 is 15.6 Å². The predicted molar refractivity (Wildman–Crippen MR) is 96.0 cm³/mol. The fourth-order valence-electron chi connectivity index (χ4n) is 3.17. The van der Waals surface area contributed by atoms with Crippen LogP contribution in [-0.2, 0) is 4.79 Å². The third-order valence-electron chi connectivity index (χ3n) is 4.50. The molecule has 0 aliphatic heterocycles. The van der Waals surface area contributed by atoms with Gasteiger partial charge in [-0.3, -0.25) is 9.59 Å². The molecule has 2 aromatic rings. The van der Waals surface area contributed by atoms with Crippen molar-refractivity contribution >= 4 is 11.8 Å². The van der Waals surface area contributed by atoms with E-state index in [1.807, 2.05) is 12.1 Å². The number of aromatic amines is 1. The molecule has 0 bridgehead atoms. The van der Waals surface area contributed by atoms with Gasteiger partial charge in [-0.25, -0.2) is 4.98 Å². The number of hydrogen-bond acceptors (Lipinski definition) is 3. The van der Waals surface area contributed by atoms with Crippen LogP contribution in [0.15, 0.2) is 36.7 Å². The normalized spacial score (nSPS) is 14.9. The van der Waals surface area contributed by atoms with E-state index < -0.39 is 0 Å². The molecule has 1 aromatic heterocycles. The SMILES string of the molecule is O=C(CCNC(=O)c1cccc(-c2ncc[nH]2)c1)NC1CCCCC1. The molecule has 0 atom stereocenters. The van der Waals surface area contributed by atoms with E-state index in [9.17, 15) is 9.59 Å². The van der Waals surface area contributed by atoms with E-state index in [4.69, 9.17) is 0 Å². The Labute approximate surface area is 147 Å². The van der Waals surface area contributed by atoms with Gasteiger partial charge in [0.2, 0.25) is 5.91 Å². The molecule has 1 aliphatic rings. The zero-order valence-corrected chi connectivity index (χ0v) is 14.3. The lowest BCUT2D eigenvalue weighted by Crippen LogP contribution is -2.38. The van der Waals surface area contributed by atoms with E-state index in [-0.39, 0.29) is 11.8 Å². The van der Waals surface area contributed by atoms with E-state index in [0.717, 1.165) is 24.2 Å². The number of hydrogen-bond donors (Lipinski definition) is 3. The van der Waals surface area contributed by atoms with Gasteiger partial charge in [-0.05, 0) is 25.0 Å². The molecule has 3 N–H and O–H groups in total. The maximum absolute atomic E-state index is 12.3. The number of rotatable bonds is 6. The molecule has 132 valence electrons. The molecule has 2 amide bonds. The molecule has 1 fully saturated rings. The largest absolute Gasteiger partial charge is 0.353 e. The predicted octanol–water partition coefficient (Wildman–Crippen LogP) is 2.65. The Kier molecular flexibility index (Phi) is 5.82. The van der Waals surface area contributed by atoms with Crippen molar-refractivity contribution in [3.63, 3.8) is 0 Å². The lowest BCUT2D eigenvalue weighted by atomic mass is 9.95. The number of H-pyrrole nitrogens is 1. The molecule has 1 aromatic carbocycles. The summed E-state index contributed by atoms with van der Waals surface area (Å²) < 4.78 is 0. The minimum absolute atomic E-state index is 0.0107. The van der Waals surface area contributed by atoms with Crippen LogP contribution < -0.4 is 10.6 Å². The Balaban J connectivity index is 1.46. The molecular formula is C19H24N4O2. The molecule has 6 heteroatoms. The number of imidazole rings is 1. The summed E-state index contributed by atoms with van der Waals surface area (Å²) in [5.41, 5.74) is 1.41. The number of nitrogens with one attached hydrogen (secondary N) is 3. The van der Waals surface area contributed by atoms with Crippen LogP contribution in [0.3, 0.4) is 0 Å². The van der Waals surface area contributed by atoms with Crippen LogP contribution in [0.5, 0.6) is 0 Å². The summed E-state index contributed by atoms with van der Waals surface area (Å²) in [6, 6.07) is 7.57. The highest BCUT2D eigenvalue weighted by atomic mass is 16.2.